The van der Waals surface area contributed by atoms with Gasteiger partial charge in [-0.3, -0.25) is 0 Å². The first kappa shape index (κ1) is 37.2. The van der Waals surface area contributed by atoms with Gasteiger partial charge in [0.2, 0.25) is 6.71 Å². The zero-order valence-corrected chi connectivity index (χ0v) is 35.5. The van der Waals surface area contributed by atoms with Crippen molar-refractivity contribution < 1.29 is 0 Å². The van der Waals surface area contributed by atoms with E-state index in [1.54, 1.807) is 5.57 Å². The molecule has 0 fully saturated rings. The highest BCUT2D eigenvalue weighted by molar-refractivity contribution is 6.95. The minimum Gasteiger partial charge on any atom is -0.335 e. The maximum Gasteiger partial charge on any atom is 0.243 e. The molecule has 3 nitrogen and oxygen atoms in total. The van der Waals surface area contributed by atoms with Crippen molar-refractivity contribution in [2.24, 2.45) is 17.8 Å². The zero-order valence-electron chi connectivity index (χ0n) is 35.5. The molecule has 2 heterocycles. The van der Waals surface area contributed by atoms with Gasteiger partial charge in [-0.15, -0.1) is 0 Å². The van der Waals surface area contributed by atoms with Crippen LogP contribution in [0.25, 0.3) is 33.0 Å². The number of hydrogen-bond acceptors (Lipinski definition) is 3. The molecule has 6 aliphatic carbocycles. The SMILES string of the molecule is CC1=CCCC(C)=C1N1c2cc3c(cc2B2C4=C(C=C(C#N)CC41)c1cccc4c(-c5ccc(C#N)cc5)ccc2c14)C(C1C=CC=CC1)=C1C=CCCC1C3C1C=CC=CC1. The van der Waals surface area contributed by atoms with Gasteiger partial charge in [0.25, 0.3) is 0 Å². The fraction of sp³-hybridized carbons (Fsp3) is 0.241. The lowest BCUT2D eigenvalue weighted by Crippen LogP contribution is -2.60. The van der Waals surface area contributed by atoms with E-state index in [4.69, 9.17) is 0 Å². The van der Waals surface area contributed by atoms with E-state index < -0.39 is 0 Å². The molecule has 8 aliphatic rings. The van der Waals surface area contributed by atoms with Gasteiger partial charge in [-0.1, -0.05) is 126 Å². The summed E-state index contributed by atoms with van der Waals surface area (Å²) < 4.78 is 0. The number of rotatable bonds is 4. The first-order valence-electron chi connectivity index (χ1n) is 22.8. The Morgan fingerprint density at radius 1 is 0.790 bits per heavy atom. The van der Waals surface area contributed by atoms with E-state index in [0.717, 1.165) is 43.2 Å². The second kappa shape index (κ2) is 14.5. The molecule has 4 aromatic carbocycles. The van der Waals surface area contributed by atoms with Gasteiger partial charge < -0.3 is 4.90 Å². The first-order valence-corrected chi connectivity index (χ1v) is 22.8. The van der Waals surface area contributed by atoms with E-state index in [1.807, 2.05) is 12.1 Å². The Hall–Kier alpha value is -6.62. The largest absolute Gasteiger partial charge is 0.335 e. The molecule has 2 aliphatic heterocycles. The summed E-state index contributed by atoms with van der Waals surface area (Å²) in [5.41, 5.74) is 21.8. The number of fused-ring (bicyclic) bond motifs is 6. The van der Waals surface area contributed by atoms with Crippen LogP contribution in [0.5, 0.6) is 0 Å². The molecule has 4 heteroatoms. The predicted octanol–water partition coefficient (Wildman–Crippen LogP) is 12.4. The van der Waals surface area contributed by atoms with Crippen LogP contribution < -0.4 is 15.8 Å². The third-order valence-electron chi connectivity index (χ3n) is 15.5. The molecule has 298 valence electrons. The van der Waals surface area contributed by atoms with E-state index in [0.29, 0.717) is 35.7 Å². The van der Waals surface area contributed by atoms with Crippen molar-refractivity contribution in [2.45, 2.75) is 70.8 Å². The fourth-order valence-corrected chi connectivity index (χ4v) is 13.0. The molecular formula is C58H48BN3. The monoisotopic (exact) mass is 797 g/mol. The van der Waals surface area contributed by atoms with Gasteiger partial charge in [0, 0.05) is 29.3 Å². The maximum absolute atomic E-state index is 10.9. The smallest absolute Gasteiger partial charge is 0.243 e. The molecule has 0 amide bonds. The average molecular weight is 798 g/mol. The van der Waals surface area contributed by atoms with Crippen molar-refractivity contribution in [1.29, 1.82) is 10.5 Å². The van der Waals surface area contributed by atoms with Crippen LogP contribution in [0.3, 0.4) is 0 Å². The Morgan fingerprint density at radius 3 is 2.42 bits per heavy atom. The second-order valence-corrected chi connectivity index (χ2v) is 18.7. The molecule has 4 aromatic rings. The van der Waals surface area contributed by atoms with Crippen LogP contribution in [0, 0.1) is 40.4 Å². The van der Waals surface area contributed by atoms with Crippen LogP contribution in [0.4, 0.5) is 5.69 Å². The highest BCUT2D eigenvalue weighted by Crippen LogP contribution is 2.56. The van der Waals surface area contributed by atoms with E-state index in [1.165, 1.54) is 89.5 Å². The van der Waals surface area contributed by atoms with Crippen molar-refractivity contribution in [1.82, 2.24) is 0 Å². The lowest BCUT2D eigenvalue weighted by atomic mass is 9.30. The van der Waals surface area contributed by atoms with Crippen LogP contribution >= 0.6 is 0 Å². The Kier molecular flexibility index (Phi) is 8.69. The van der Waals surface area contributed by atoms with Crippen molar-refractivity contribution in [3.05, 3.63) is 195 Å². The number of nitrogens with zero attached hydrogens (tertiary/aromatic N) is 3. The van der Waals surface area contributed by atoms with Gasteiger partial charge in [-0.05, 0) is 166 Å². The summed E-state index contributed by atoms with van der Waals surface area (Å²) in [5, 5.41) is 23.0. The third kappa shape index (κ3) is 5.49. The van der Waals surface area contributed by atoms with Gasteiger partial charge in [0.15, 0.2) is 0 Å². The Bertz CT molecular complexity index is 3070. The maximum atomic E-state index is 10.9. The molecule has 0 radical (unpaired) electrons. The lowest BCUT2D eigenvalue weighted by Gasteiger charge is -2.51. The summed E-state index contributed by atoms with van der Waals surface area (Å²) in [6.45, 7) is 4.69. The quantitative estimate of drug-likeness (QED) is 0.193. The molecular weight excluding hydrogens is 749 g/mol. The summed E-state index contributed by atoms with van der Waals surface area (Å²) >= 11 is 0. The number of anilines is 1. The standard InChI is InChI=1S/C58H48BN3/c1-35-13-11-14-36(2)58(35)62-52-32-48-47(54(40-15-5-3-6-16-40)44-19-9-10-20-45(44)55(48)41-17-7-4-8-18-41)31-51(52)59-50-28-27-42(39-25-23-37(33-60)24-26-39)43-21-12-22-46(56(43)50)49-29-38(34-61)30-53(62)57(49)59/h3-9,12-13,15,17,19,21-29,31-32,40-41,45,53,55H,10-11,14,16,18,20,30H2,1-2H3. The van der Waals surface area contributed by atoms with E-state index >= 15 is 0 Å². The molecule has 0 aromatic heterocycles. The topological polar surface area (TPSA) is 50.8 Å². The van der Waals surface area contributed by atoms with Crippen LogP contribution in [-0.4, -0.2) is 12.8 Å². The Balaban J connectivity index is 1.19. The Labute approximate surface area is 366 Å². The van der Waals surface area contributed by atoms with Crippen molar-refractivity contribution in [3.8, 4) is 23.3 Å². The van der Waals surface area contributed by atoms with Crippen molar-refractivity contribution >= 4 is 45.2 Å². The normalized spacial score (nSPS) is 25.2. The first-order chi connectivity index (χ1) is 30.5. The molecule has 0 N–H and O–H groups in total. The molecule has 0 spiro atoms. The molecule has 5 unspecified atom stereocenters. The number of allylic oxidation sites excluding steroid dienone is 17. The fourth-order valence-electron chi connectivity index (χ4n) is 13.0. The van der Waals surface area contributed by atoms with Crippen molar-refractivity contribution in [3.63, 3.8) is 0 Å². The van der Waals surface area contributed by atoms with Crippen LogP contribution in [0.2, 0.25) is 0 Å². The predicted molar refractivity (Wildman–Crippen MR) is 257 cm³/mol. The molecule has 12 rings (SSSR count). The average Bonchev–Trinajstić information content (AvgIpc) is 3.32. The van der Waals surface area contributed by atoms with Gasteiger partial charge in [0.05, 0.1) is 23.7 Å². The molecule has 5 atom stereocenters. The summed E-state index contributed by atoms with van der Waals surface area (Å²) in [6, 6.07) is 29.9. The summed E-state index contributed by atoms with van der Waals surface area (Å²) in [4.78, 5) is 2.74. The number of benzene rings is 4. The Morgan fingerprint density at radius 2 is 1.65 bits per heavy atom. The van der Waals surface area contributed by atoms with E-state index in [9.17, 15) is 10.5 Å². The highest BCUT2D eigenvalue weighted by Gasteiger charge is 2.50. The van der Waals surface area contributed by atoms with Crippen LogP contribution in [0.1, 0.15) is 87.0 Å². The third-order valence-corrected chi connectivity index (χ3v) is 15.5. The van der Waals surface area contributed by atoms with Gasteiger partial charge in [-0.2, -0.15) is 10.5 Å². The van der Waals surface area contributed by atoms with Crippen LogP contribution in [-0.2, 0) is 0 Å². The van der Waals surface area contributed by atoms with E-state index in [-0.39, 0.29) is 12.8 Å². The lowest BCUT2D eigenvalue weighted by molar-refractivity contribution is 0.365. The van der Waals surface area contributed by atoms with E-state index in [2.05, 4.69) is 158 Å². The highest BCUT2D eigenvalue weighted by atomic mass is 15.2. The molecule has 62 heavy (non-hydrogen) atoms. The second-order valence-electron chi connectivity index (χ2n) is 18.7. The minimum atomic E-state index is 0.00219. The van der Waals surface area contributed by atoms with Gasteiger partial charge >= 0.3 is 0 Å². The van der Waals surface area contributed by atoms with Crippen LogP contribution in [0.15, 0.2) is 173 Å². The van der Waals surface area contributed by atoms with Gasteiger partial charge in [-0.25, -0.2) is 0 Å². The van der Waals surface area contributed by atoms with Crippen molar-refractivity contribution in [2.75, 3.05) is 4.90 Å². The zero-order chi connectivity index (χ0) is 41.6. The minimum absolute atomic E-state index is 0.00219. The molecule has 0 saturated carbocycles. The summed E-state index contributed by atoms with van der Waals surface area (Å²) in [6.07, 6.45) is 35.5. The summed E-state index contributed by atoms with van der Waals surface area (Å²) in [5.74, 6) is 1.55. The summed E-state index contributed by atoms with van der Waals surface area (Å²) in [7, 11) is 0. The van der Waals surface area contributed by atoms with Gasteiger partial charge in [0.1, 0.15) is 0 Å². The molecule has 0 bridgehead atoms. The number of nitriles is 2. The number of hydrogen-bond donors (Lipinski definition) is 0. The molecule has 0 saturated heterocycles.